The van der Waals surface area contributed by atoms with Crippen molar-refractivity contribution in [1.82, 2.24) is 29.5 Å². The van der Waals surface area contributed by atoms with Gasteiger partial charge in [0.2, 0.25) is 5.95 Å². The zero-order valence-corrected chi connectivity index (χ0v) is 25.0. The molecule has 0 radical (unpaired) electrons. The second kappa shape index (κ2) is 10.3. The Bertz CT molecular complexity index is 2060. The summed E-state index contributed by atoms with van der Waals surface area (Å²) in [6.45, 7) is 2.38. The van der Waals surface area contributed by atoms with Crippen molar-refractivity contribution < 1.29 is 17.9 Å². The lowest BCUT2D eigenvalue weighted by Gasteiger charge is -2.35. The van der Waals surface area contributed by atoms with Crippen LogP contribution in [0.4, 0.5) is 17.5 Å². The summed E-state index contributed by atoms with van der Waals surface area (Å²) in [5, 5.41) is 7.49. The minimum atomic E-state index is -3.45. The first-order chi connectivity index (χ1) is 21.2. The summed E-state index contributed by atoms with van der Waals surface area (Å²) in [4.78, 5) is 28.6. The largest absolute Gasteiger partial charge is 0.494 e. The van der Waals surface area contributed by atoms with Gasteiger partial charge < -0.3 is 20.7 Å². The van der Waals surface area contributed by atoms with Gasteiger partial charge in [-0.1, -0.05) is 31.2 Å². The Morgan fingerprint density at radius 3 is 2.66 bits per heavy atom. The Labute approximate surface area is 253 Å². The van der Waals surface area contributed by atoms with Gasteiger partial charge in [0.25, 0.3) is 5.91 Å². The lowest BCUT2D eigenvalue weighted by Crippen LogP contribution is -2.43. The zero-order valence-electron chi connectivity index (χ0n) is 24.2. The first-order valence-corrected chi connectivity index (χ1v) is 15.9. The number of nitrogens with one attached hydrogen (secondary N) is 1. The number of carbonyl (C=O) groups is 1. The van der Waals surface area contributed by atoms with E-state index in [1.807, 2.05) is 30.3 Å². The molecular formula is C31H30N8O4S. The molecule has 7 rings (SSSR count). The molecule has 1 amide bonds. The Hall–Kier alpha value is -5.04. The molecule has 1 aliphatic carbocycles. The summed E-state index contributed by atoms with van der Waals surface area (Å²) in [6.07, 6.45) is 5.23. The van der Waals surface area contributed by atoms with Crippen molar-refractivity contribution in [2.24, 2.45) is 0 Å². The molecule has 1 saturated carbocycles. The van der Waals surface area contributed by atoms with E-state index in [1.165, 1.54) is 6.07 Å². The number of anilines is 3. The van der Waals surface area contributed by atoms with Crippen LogP contribution < -0.4 is 15.8 Å². The molecule has 224 valence electrons. The normalized spacial score (nSPS) is 15.4. The Morgan fingerprint density at radius 1 is 1.07 bits per heavy atom. The maximum Gasteiger partial charge on any atom is 0.254 e. The van der Waals surface area contributed by atoms with Crippen LogP contribution in [-0.2, 0) is 21.8 Å². The number of aromatic nitrogens is 5. The van der Waals surface area contributed by atoms with Gasteiger partial charge in [0, 0.05) is 35.5 Å². The van der Waals surface area contributed by atoms with Crippen LogP contribution in [0.3, 0.4) is 0 Å². The van der Waals surface area contributed by atoms with Crippen molar-refractivity contribution in [3.63, 3.8) is 0 Å². The first-order valence-electron chi connectivity index (χ1n) is 14.2. The number of amides is 1. The number of nitrogen functional groups attached to an aromatic ring is 1. The molecule has 0 atom stereocenters. The zero-order chi connectivity index (χ0) is 30.6. The summed E-state index contributed by atoms with van der Waals surface area (Å²) in [7, 11) is -1.83. The monoisotopic (exact) mass is 610 g/mol. The van der Waals surface area contributed by atoms with Crippen molar-refractivity contribution in [2.45, 2.75) is 36.8 Å². The van der Waals surface area contributed by atoms with Crippen molar-refractivity contribution in [3.05, 3.63) is 83.8 Å². The van der Waals surface area contributed by atoms with Crippen LogP contribution in [0.1, 0.15) is 41.4 Å². The quantitative estimate of drug-likeness (QED) is 0.263. The van der Waals surface area contributed by atoms with Crippen molar-refractivity contribution in [1.29, 1.82) is 0 Å². The second-order valence-electron chi connectivity index (χ2n) is 11.1. The predicted octanol–water partition coefficient (Wildman–Crippen LogP) is 4.00. The number of benzene rings is 2. The SMILES string of the molecule is CCS(=O)(=O)c1cccc(CN2CC3(CC3)c3cc(-c4cccc(Nc5nc(N)nn6ccnc56)c4OC)ccc3C2=O)n1. The molecule has 0 bridgehead atoms. The number of hydrogen-bond acceptors (Lipinski definition) is 10. The van der Waals surface area contributed by atoms with Crippen LogP contribution in [0.15, 0.2) is 72.0 Å². The number of nitrogens with zero attached hydrogens (tertiary/aromatic N) is 6. The molecule has 13 heteroatoms. The van der Waals surface area contributed by atoms with Crippen LogP contribution in [-0.4, -0.2) is 63.2 Å². The Balaban J connectivity index is 1.21. The number of imidazole rings is 1. The third kappa shape index (κ3) is 4.69. The number of ether oxygens (including phenoxy) is 1. The fourth-order valence-electron chi connectivity index (χ4n) is 5.94. The average molecular weight is 611 g/mol. The number of para-hydroxylation sites is 1. The molecule has 12 nitrogen and oxygen atoms in total. The Morgan fingerprint density at radius 2 is 1.89 bits per heavy atom. The number of rotatable bonds is 8. The lowest BCUT2D eigenvalue weighted by atomic mass is 9.84. The summed E-state index contributed by atoms with van der Waals surface area (Å²) in [5.41, 5.74) is 11.0. The average Bonchev–Trinajstić information content (AvgIpc) is 3.64. The molecule has 1 fully saturated rings. The molecule has 1 spiro atoms. The van der Waals surface area contributed by atoms with E-state index in [9.17, 15) is 13.2 Å². The second-order valence-corrected chi connectivity index (χ2v) is 13.3. The van der Waals surface area contributed by atoms with Gasteiger partial charge in [-0.2, -0.15) is 4.98 Å². The van der Waals surface area contributed by atoms with E-state index < -0.39 is 9.84 Å². The van der Waals surface area contributed by atoms with E-state index in [-0.39, 0.29) is 34.6 Å². The summed E-state index contributed by atoms with van der Waals surface area (Å²) in [5.74, 6) is 1.03. The molecular weight excluding hydrogens is 580 g/mol. The van der Waals surface area contributed by atoms with Crippen LogP contribution >= 0.6 is 0 Å². The van der Waals surface area contributed by atoms with Gasteiger partial charge in [-0.25, -0.2) is 22.9 Å². The molecule has 2 aliphatic rings. The number of hydrogen-bond donors (Lipinski definition) is 2. The molecule has 5 aromatic rings. The van der Waals surface area contributed by atoms with Gasteiger partial charge >= 0.3 is 0 Å². The molecule has 2 aromatic carbocycles. The van der Waals surface area contributed by atoms with Crippen molar-refractivity contribution in [2.75, 3.05) is 30.5 Å². The van der Waals surface area contributed by atoms with Crippen LogP contribution in [0, 0.1) is 0 Å². The smallest absolute Gasteiger partial charge is 0.254 e. The third-order valence-corrected chi connectivity index (χ3v) is 9.97. The van der Waals surface area contributed by atoms with Crippen LogP contribution in [0.25, 0.3) is 16.8 Å². The van der Waals surface area contributed by atoms with Gasteiger partial charge in [-0.15, -0.1) is 5.10 Å². The number of carbonyl (C=O) groups excluding carboxylic acids is 1. The summed E-state index contributed by atoms with van der Waals surface area (Å²) in [6, 6.07) is 16.6. The van der Waals surface area contributed by atoms with E-state index in [2.05, 4.69) is 31.4 Å². The van der Waals surface area contributed by atoms with Crippen LogP contribution in [0.5, 0.6) is 5.75 Å². The molecule has 0 saturated heterocycles. The molecule has 3 N–H and O–H groups in total. The summed E-state index contributed by atoms with van der Waals surface area (Å²) >= 11 is 0. The lowest BCUT2D eigenvalue weighted by molar-refractivity contribution is 0.0696. The van der Waals surface area contributed by atoms with Crippen LogP contribution in [0.2, 0.25) is 0 Å². The van der Waals surface area contributed by atoms with E-state index in [1.54, 1.807) is 48.0 Å². The van der Waals surface area contributed by atoms with Gasteiger partial charge in [0.15, 0.2) is 26.3 Å². The van der Waals surface area contributed by atoms with Gasteiger partial charge in [0.05, 0.1) is 30.8 Å². The van der Waals surface area contributed by atoms with Crippen molar-refractivity contribution in [3.8, 4) is 16.9 Å². The maximum atomic E-state index is 13.7. The molecule has 0 unspecified atom stereocenters. The maximum absolute atomic E-state index is 13.7. The highest BCUT2D eigenvalue weighted by Crippen LogP contribution is 2.53. The number of sulfone groups is 1. The molecule has 1 aliphatic heterocycles. The fourth-order valence-corrected chi connectivity index (χ4v) is 6.77. The van der Waals surface area contributed by atoms with Gasteiger partial charge in [-0.05, 0) is 54.3 Å². The van der Waals surface area contributed by atoms with E-state index >= 15 is 0 Å². The Kier molecular flexibility index (Phi) is 6.50. The van der Waals surface area contributed by atoms with Gasteiger partial charge in [-0.3, -0.25) is 4.79 Å². The number of pyridine rings is 1. The molecule has 3 aromatic heterocycles. The van der Waals surface area contributed by atoms with E-state index in [0.717, 1.165) is 29.5 Å². The highest BCUT2D eigenvalue weighted by molar-refractivity contribution is 7.91. The minimum Gasteiger partial charge on any atom is -0.494 e. The highest BCUT2D eigenvalue weighted by atomic mass is 32.2. The molecule has 4 heterocycles. The topological polar surface area (TPSA) is 158 Å². The minimum absolute atomic E-state index is 0.0295. The number of methoxy groups -OCH3 is 1. The first kappa shape index (κ1) is 27.8. The number of fused-ring (bicyclic) bond motifs is 3. The van der Waals surface area contributed by atoms with Gasteiger partial charge in [0.1, 0.15) is 5.75 Å². The van der Waals surface area contributed by atoms with E-state index in [4.69, 9.17) is 10.5 Å². The molecule has 44 heavy (non-hydrogen) atoms. The van der Waals surface area contributed by atoms with Crippen molar-refractivity contribution >= 4 is 38.8 Å². The van der Waals surface area contributed by atoms with E-state index in [0.29, 0.717) is 40.7 Å². The summed E-state index contributed by atoms with van der Waals surface area (Å²) < 4.78 is 32.2. The third-order valence-electron chi connectivity index (χ3n) is 8.34. The predicted molar refractivity (Wildman–Crippen MR) is 165 cm³/mol. The fraction of sp³-hybridized carbons (Fsp3) is 0.258. The highest BCUT2D eigenvalue weighted by Gasteiger charge is 2.51. The number of nitrogens with two attached hydrogens (primary N) is 1. The standard InChI is InChI=1S/C31H30N8O4S/c1-3-44(41,42)25-9-4-6-20(34-25)17-38-18-31(12-13-31)23-16-19(10-11-22(23)29(38)40)21-7-5-8-24(26(21)43-2)35-27-28-33-14-15-39(28)37-30(32)36-27/h4-11,14-16H,3,12-13,17-18H2,1-2H3,(H3,32,35,36,37).